The van der Waals surface area contributed by atoms with Gasteiger partial charge in [-0.3, -0.25) is 9.59 Å². The minimum atomic E-state index is -0.717. The zero-order chi connectivity index (χ0) is 15.1. The van der Waals surface area contributed by atoms with Gasteiger partial charge in [-0.05, 0) is 24.6 Å². The van der Waals surface area contributed by atoms with E-state index < -0.39 is 12.0 Å². The monoisotopic (exact) mass is 316 g/mol. The summed E-state index contributed by atoms with van der Waals surface area (Å²) in [5.41, 5.74) is 7.07. The normalized spacial score (nSPS) is 11.8. The van der Waals surface area contributed by atoms with E-state index >= 15 is 0 Å². The molecule has 1 aromatic rings. The molecule has 0 saturated heterocycles. The topological polar surface area (TPSA) is 81.4 Å². The number of hydrogen-bond acceptors (Lipinski definition) is 5. The highest BCUT2D eigenvalue weighted by molar-refractivity contribution is 8.00. The van der Waals surface area contributed by atoms with Crippen LogP contribution in [0, 0.1) is 6.92 Å². The Bertz CT molecular complexity index is 497. The molecular weight excluding hydrogens is 300 g/mol. The molecule has 0 aliphatic heterocycles. The van der Waals surface area contributed by atoms with E-state index in [0.717, 1.165) is 5.56 Å². The fraction of sp³-hybridized carbons (Fsp3) is 0.385. The second kappa shape index (κ2) is 8.14. The Balaban J connectivity index is 2.41. The number of carbonyl (C=O) groups excluding carboxylic acids is 2. The molecular formula is C13H17ClN2O3S. The highest BCUT2D eigenvalue weighted by Gasteiger charge is 2.14. The SMILES string of the molecule is COC(=O)C(N)CSCC(=O)Nc1cccc(Cl)c1C. The molecule has 0 spiro atoms. The van der Waals surface area contributed by atoms with Gasteiger partial charge in [-0.15, -0.1) is 11.8 Å². The van der Waals surface area contributed by atoms with Crippen LogP contribution in [0.2, 0.25) is 5.02 Å². The number of nitrogens with one attached hydrogen (secondary N) is 1. The predicted molar refractivity (Wildman–Crippen MR) is 82.1 cm³/mol. The molecule has 1 rings (SSSR count). The van der Waals surface area contributed by atoms with Gasteiger partial charge >= 0.3 is 5.97 Å². The number of amides is 1. The Morgan fingerprint density at radius 3 is 2.85 bits per heavy atom. The second-order valence-corrected chi connectivity index (χ2v) is 5.54. The number of halogens is 1. The molecule has 0 saturated carbocycles. The van der Waals surface area contributed by atoms with Crippen LogP contribution in [0.15, 0.2) is 18.2 Å². The largest absolute Gasteiger partial charge is 0.468 e. The van der Waals surface area contributed by atoms with Crippen molar-refractivity contribution in [2.45, 2.75) is 13.0 Å². The predicted octanol–water partition coefficient (Wildman–Crippen LogP) is 1.82. The van der Waals surface area contributed by atoms with Crippen molar-refractivity contribution < 1.29 is 14.3 Å². The van der Waals surface area contributed by atoms with Crippen molar-refractivity contribution >= 4 is 40.9 Å². The molecule has 0 heterocycles. The molecule has 5 nitrogen and oxygen atoms in total. The van der Waals surface area contributed by atoms with Crippen LogP contribution in [0.25, 0.3) is 0 Å². The van der Waals surface area contributed by atoms with E-state index in [1.165, 1.54) is 18.9 Å². The number of nitrogens with two attached hydrogens (primary N) is 1. The minimum Gasteiger partial charge on any atom is -0.468 e. The van der Waals surface area contributed by atoms with Crippen molar-refractivity contribution in [1.82, 2.24) is 0 Å². The fourth-order valence-electron chi connectivity index (χ4n) is 1.43. The molecule has 0 aliphatic carbocycles. The van der Waals surface area contributed by atoms with Gasteiger partial charge in [0.25, 0.3) is 0 Å². The first-order valence-electron chi connectivity index (χ1n) is 5.91. The van der Waals surface area contributed by atoms with Crippen LogP contribution in [0.1, 0.15) is 5.56 Å². The number of rotatable bonds is 6. The quantitative estimate of drug-likeness (QED) is 0.782. The lowest BCUT2D eigenvalue weighted by Crippen LogP contribution is -2.34. The van der Waals surface area contributed by atoms with Crippen LogP contribution < -0.4 is 11.1 Å². The van der Waals surface area contributed by atoms with Crippen LogP contribution in [0.3, 0.4) is 0 Å². The third-order valence-corrected chi connectivity index (χ3v) is 4.05. The fourth-order valence-corrected chi connectivity index (χ4v) is 2.37. The van der Waals surface area contributed by atoms with Gasteiger partial charge in [0.2, 0.25) is 5.91 Å². The zero-order valence-corrected chi connectivity index (χ0v) is 12.9. The summed E-state index contributed by atoms with van der Waals surface area (Å²) < 4.78 is 4.50. The molecule has 0 bridgehead atoms. The summed E-state index contributed by atoms with van der Waals surface area (Å²) in [4.78, 5) is 22.8. The number of esters is 1. The first kappa shape index (κ1) is 16.8. The molecule has 110 valence electrons. The van der Waals surface area contributed by atoms with Crippen molar-refractivity contribution in [3.63, 3.8) is 0 Å². The number of thioether (sulfide) groups is 1. The summed E-state index contributed by atoms with van der Waals surface area (Å²) in [5, 5.41) is 3.37. The van der Waals surface area contributed by atoms with Gasteiger partial charge in [-0.1, -0.05) is 17.7 Å². The van der Waals surface area contributed by atoms with Gasteiger partial charge in [-0.2, -0.15) is 0 Å². The number of hydrogen-bond donors (Lipinski definition) is 2. The summed E-state index contributed by atoms with van der Waals surface area (Å²) in [6.45, 7) is 1.83. The van der Waals surface area contributed by atoms with Crippen molar-refractivity contribution in [2.24, 2.45) is 5.73 Å². The zero-order valence-electron chi connectivity index (χ0n) is 11.3. The second-order valence-electron chi connectivity index (χ2n) is 4.11. The number of methoxy groups -OCH3 is 1. The van der Waals surface area contributed by atoms with Crippen LogP contribution in [-0.4, -0.2) is 36.5 Å². The van der Waals surface area contributed by atoms with E-state index in [-0.39, 0.29) is 11.7 Å². The molecule has 0 fully saturated rings. The van der Waals surface area contributed by atoms with E-state index in [0.29, 0.717) is 16.5 Å². The van der Waals surface area contributed by atoms with Crippen molar-refractivity contribution in [3.05, 3.63) is 28.8 Å². The molecule has 3 N–H and O–H groups in total. The van der Waals surface area contributed by atoms with E-state index in [1.54, 1.807) is 18.2 Å². The van der Waals surface area contributed by atoms with Crippen molar-refractivity contribution in [3.8, 4) is 0 Å². The van der Waals surface area contributed by atoms with Gasteiger partial charge in [-0.25, -0.2) is 0 Å². The maximum atomic E-state index is 11.8. The number of ether oxygens (including phenoxy) is 1. The lowest BCUT2D eigenvalue weighted by Gasteiger charge is -2.10. The van der Waals surface area contributed by atoms with Gasteiger partial charge in [0.05, 0.1) is 12.9 Å². The van der Waals surface area contributed by atoms with E-state index in [1.807, 2.05) is 6.92 Å². The third-order valence-electron chi connectivity index (χ3n) is 2.58. The number of carbonyl (C=O) groups is 2. The average Bonchev–Trinajstić information content (AvgIpc) is 2.42. The summed E-state index contributed by atoms with van der Waals surface area (Å²) >= 11 is 7.24. The molecule has 20 heavy (non-hydrogen) atoms. The van der Waals surface area contributed by atoms with Crippen molar-refractivity contribution in [2.75, 3.05) is 23.9 Å². The molecule has 0 aromatic heterocycles. The highest BCUT2D eigenvalue weighted by Crippen LogP contribution is 2.23. The lowest BCUT2D eigenvalue weighted by atomic mass is 10.2. The number of anilines is 1. The average molecular weight is 317 g/mol. The molecule has 7 heteroatoms. The Hall–Kier alpha value is -1.24. The summed E-state index contributed by atoms with van der Waals surface area (Å²) in [6.07, 6.45) is 0. The number of benzene rings is 1. The van der Waals surface area contributed by atoms with Gasteiger partial charge in [0, 0.05) is 16.5 Å². The molecule has 1 aromatic carbocycles. The summed E-state index contributed by atoms with van der Waals surface area (Å²) in [6, 6.07) is 4.59. The standard InChI is InChI=1S/C13H17ClN2O3S/c1-8-9(14)4-3-5-11(8)16-12(17)7-20-6-10(15)13(18)19-2/h3-5,10H,6-7,15H2,1-2H3,(H,16,17). The van der Waals surface area contributed by atoms with E-state index in [2.05, 4.69) is 10.1 Å². The van der Waals surface area contributed by atoms with Gasteiger partial charge < -0.3 is 15.8 Å². The maximum Gasteiger partial charge on any atom is 0.323 e. The van der Waals surface area contributed by atoms with Crippen LogP contribution >= 0.6 is 23.4 Å². The van der Waals surface area contributed by atoms with Crippen LogP contribution in [-0.2, 0) is 14.3 Å². The lowest BCUT2D eigenvalue weighted by molar-refractivity contribution is -0.141. The van der Waals surface area contributed by atoms with Crippen LogP contribution in [0.5, 0.6) is 0 Å². The molecule has 1 unspecified atom stereocenters. The Kier molecular flexibility index (Phi) is 6.84. The first-order chi connectivity index (χ1) is 9.45. The van der Waals surface area contributed by atoms with E-state index in [4.69, 9.17) is 17.3 Å². The Morgan fingerprint density at radius 1 is 1.50 bits per heavy atom. The minimum absolute atomic E-state index is 0.169. The highest BCUT2D eigenvalue weighted by atomic mass is 35.5. The Labute approximate surface area is 127 Å². The van der Waals surface area contributed by atoms with Gasteiger partial charge in [0.1, 0.15) is 6.04 Å². The van der Waals surface area contributed by atoms with Crippen LogP contribution in [0.4, 0.5) is 5.69 Å². The third kappa shape index (κ3) is 5.03. The summed E-state index contributed by atoms with van der Waals surface area (Å²) in [5.74, 6) is -0.119. The van der Waals surface area contributed by atoms with Crippen molar-refractivity contribution in [1.29, 1.82) is 0 Å². The molecule has 0 aliphatic rings. The smallest absolute Gasteiger partial charge is 0.323 e. The maximum absolute atomic E-state index is 11.8. The molecule has 1 amide bonds. The van der Waals surface area contributed by atoms with E-state index in [9.17, 15) is 9.59 Å². The summed E-state index contributed by atoms with van der Waals surface area (Å²) in [7, 11) is 1.28. The first-order valence-corrected chi connectivity index (χ1v) is 7.45. The molecule has 1 atom stereocenters. The molecule has 0 radical (unpaired) electrons. The van der Waals surface area contributed by atoms with Gasteiger partial charge in [0.15, 0.2) is 0 Å². The Morgan fingerprint density at radius 2 is 2.20 bits per heavy atom.